The number of esters is 1. The van der Waals surface area contributed by atoms with E-state index in [4.69, 9.17) is 9.84 Å². The molecule has 0 aromatic heterocycles. The zero-order chi connectivity index (χ0) is 11.7. The lowest BCUT2D eigenvalue weighted by molar-refractivity contribution is -0.137. The second-order valence-corrected chi connectivity index (χ2v) is 2.78. The summed E-state index contributed by atoms with van der Waals surface area (Å²) in [6.45, 7) is 3.72. The lowest BCUT2D eigenvalue weighted by atomic mass is 10.2. The Morgan fingerprint density at radius 2 is 2.07 bits per heavy atom. The maximum absolute atomic E-state index is 11.0. The Bertz CT molecular complexity index is 202. The van der Waals surface area contributed by atoms with E-state index in [1.54, 1.807) is 13.8 Å². The maximum atomic E-state index is 11.0. The summed E-state index contributed by atoms with van der Waals surface area (Å²) in [4.78, 5) is 11.0. The Kier molecular flexibility index (Phi) is 7.89. The largest absolute Gasteiger partial charge is 0.463 e. The summed E-state index contributed by atoms with van der Waals surface area (Å²) in [6, 6.07) is 0. The number of aliphatic hydroxyl groups excluding tert-OH is 2. The van der Waals surface area contributed by atoms with Crippen LogP contribution in [-0.2, 0) is 14.3 Å². The van der Waals surface area contributed by atoms with E-state index in [9.17, 15) is 9.90 Å². The van der Waals surface area contributed by atoms with Crippen LogP contribution in [0, 0.1) is 0 Å². The first-order valence-electron chi connectivity index (χ1n) is 4.91. The van der Waals surface area contributed by atoms with Gasteiger partial charge in [0.2, 0.25) is 0 Å². The molecule has 0 aromatic rings. The minimum Gasteiger partial charge on any atom is -0.463 e. The SMILES string of the molecule is CCOC(=O)/C=C\[C@@H](OCC)C(O)CO. The average molecular weight is 218 g/mol. The van der Waals surface area contributed by atoms with E-state index in [2.05, 4.69) is 4.74 Å². The fourth-order valence-electron chi connectivity index (χ4n) is 0.955. The minimum atomic E-state index is -1.03. The van der Waals surface area contributed by atoms with Crippen molar-refractivity contribution in [3.05, 3.63) is 12.2 Å². The fraction of sp³-hybridized carbons (Fsp3) is 0.700. The minimum absolute atomic E-state index is 0.297. The molecule has 2 atom stereocenters. The zero-order valence-corrected chi connectivity index (χ0v) is 9.05. The molecule has 0 bridgehead atoms. The van der Waals surface area contributed by atoms with Crippen LogP contribution in [0.2, 0.25) is 0 Å². The fourth-order valence-corrected chi connectivity index (χ4v) is 0.955. The molecule has 0 aliphatic heterocycles. The molecule has 0 amide bonds. The predicted octanol–water partition coefficient (Wildman–Crippen LogP) is -0.136. The molecule has 5 nitrogen and oxygen atoms in total. The van der Waals surface area contributed by atoms with Crippen LogP contribution in [0.15, 0.2) is 12.2 Å². The van der Waals surface area contributed by atoms with Gasteiger partial charge in [0.1, 0.15) is 12.2 Å². The molecule has 0 aliphatic rings. The zero-order valence-electron chi connectivity index (χ0n) is 9.05. The Labute approximate surface area is 89.3 Å². The number of hydrogen-bond acceptors (Lipinski definition) is 5. The highest BCUT2D eigenvalue weighted by atomic mass is 16.5. The van der Waals surface area contributed by atoms with Gasteiger partial charge in [0, 0.05) is 12.7 Å². The van der Waals surface area contributed by atoms with Gasteiger partial charge < -0.3 is 19.7 Å². The van der Waals surface area contributed by atoms with E-state index >= 15 is 0 Å². The lowest BCUT2D eigenvalue weighted by Gasteiger charge is -2.17. The van der Waals surface area contributed by atoms with E-state index in [1.807, 2.05) is 0 Å². The van der Waals surface area contributed by atoms with Gasteiger partial charge in [-0.1, -0.05) is 0 Å². The third kappa shape index (κ3) is 6.22. The normalized spacial score (nSPS) is 15.2. The quantitative estimate of drug-likeness (QED) is 0.459. The highest BCUT2D eigenvalue weighted by molar-refractivity contribution is 5.81. The van der Waals surface area contributed by atoms with Gasteiger partial charge >= 0.3 is 5.97 Å². The van der Waals surface area contributed by atoms with Crippen LogP contribution in [-0.4, -0.2) is 48.2 Å². The van der Waals surface area contributed by atoms with Gasteiger partial charge in [-0.3, -0.25) is 0 Å². The van der Waals surface area contributed by atoms with Gasteiger partial charge in [-0.25, -0.2) is 4.79 Å². The van der Waals surface area contributed by atoms with Gasteiger partial charge in [-0.2, -0.15) is 0 Å². The summed E-state index contributed by atoms with van der Waals surface area (Å²) in [7, 11) is 0. The Hall–Kier alpha value is -0.910. The molecule has 0 saturated heterocycles. The monoisotopic (exact) mass is 218 g/mol. The summed E-state index contributed by atoms with van der Waals surface area (Å²) >= 11 is 0. The molecule has 2 N–H and O–H groups in total. The average Bonchev–Trinajstić information content (AvgIpc) is 2.23. The van der Waals surface area contributed by atoms with Crippen molar-refractivity contribution >= 4 is 5.97 Å². The number of rotatable bonds is 7. The van der Waals surface area contributed by atoms with E-state index < -0.39 is 24.8 Å². The van der Waals surface area contributed by atoms with Crippen LogP contribution in [0.1, 0.15) is 13.8 Å². The van der Waals surface area contributed by atoms with E-state index in [-0.39, 0.29) is 0 Å². The lowest BCUT2D eigenvalue weighted by Crippen LogP contribution is -2.30. The second kappa shape index (κ2) is 8.40. The van der Waals surface area contributed by atoms with Crippen LogP contribution in [0.3, 0.4) is 0 Å². The van der Waals surface area contributed by atoms with Crippen LogP contribution >= 0.6 is 0 Å². The Balaban J connectivity index is 4.20. The molecule has 88 valence electrons. The first-order valence-corrected chi connectivity index (χ1v) is 4.91. The molecule has 1 unspecified atom stereocenters. The smallest absolute Gasteiger partial charge is 0.330 e. The summed E-state index contributed by atoms with van der Waals surface area (Å²) < 4.78 is 9.78. The molecule has 0 fully saturated rings. The standard InChI is InChI=1S/C10H18O5/c1-3-14-9(8(12)7-11)5-6-10(13)15-4-2/h5-6,8-9,11-12H,3-4,7H2,1-2H3/b6-5-/t8?,9-/m1/s1. The van der Waals surface area contributed by atoms with E-state index in [0.717, 1.165) is 0 Å². The Morgan fingerprint density at radius 1 is 1.40 bits per heavy atom. The van der Waals surface area contributed by atoms with Gasteiger partial charge in [0.25, 0.3) is 0 Å². The molecule has 0 spiro atoms. The first kappa shape index (κ1) is 14.1. The molecule has 0 saturated carbocycles. The molecule has 0 heterocycles. The molecule has 5 heteroatoms. The predicted molar refractivity (Wildman–Crippen MR) is 54.3 cm³/mol. The number of ether oxygens (including phenoxy) is 2. The summed E-state index contributed by atoms with van der Waals surface area (Å²) in [5.41, 5.74) is 0. The van der Waals surface area contributed by atoms with Crippen LogP contribution < -0.4 is 0 Å². The summed E-state index contributed by atoms with van der Waals surface area (Å²) in [6.07, 6.45) is 0.838. The number of carbonyl (C=O) groups is 1. The molecule has 15 heavy (non-hydrogen) atoms. The Morgan fingerprint density at radius 3 is 2.53 bits per heavy atom. The van der Waals surface area contributed by atoms with Gasteiger partial charge in [-0.05, 0) is 19.9 Å². The molecule has 0 rings (SSSR count). The van der Waals surface area contributed by atoms with E-state index in [0.29, 0.717) is 13.2 Å². The van der Waals surface area contributed by atoms with Gasteiger partial charge in [0.15, 0.2) is 0 Å². The topological polar surface area (TPSA) is 76.0 Å². The maximum Gasteiger partial charge on any atom is 0.330 e. The number of carbonyl (C=O) groups excluding carboxylic acids is 1. The summed E-state index contributed by atoms with van der Waals surface area (Å²) in [5.74, 6) is -0.493. The van der Waals surface area contributed by atoms with Gasteiger partial charge in [0.05, 0.1) is 13.2 Å². The van der Waals surface area contributed by atoms with Crippen molar-refractivity contribution in [1.29, 1.82) is 0 Å². The van der Waals surface area contributed by atoms with Crippen molar-refractivity contribution in [3.63, 3.8) is 0 Å². The van der Waals surface area contributed by atoms with Crippen molar-refractivity contribution in [2.45, 2.75) is 26.1 Å². The first-order chi connectivity index (χ1) is 7.15. The van der Waals surface area contributed by atoms with Crippen molar-refractivity contribution in [2.24, 2.45) is 0 Å². The summed E-state index contributed by atoms with van der Waals surface area (Å²) in [5, 5.41) is 18.0. The van der Waals surface area contributed by atoms with Crippen LogP contribution in [0.4, 0.5) is 0 Å². The highest BCUT2D eigenvalue weighted by Crippen LogP contribution is 2.01. The second-order valence-electron chi connectivity index (χ2n) is 2.78. The molecular weight excluding hydrogens is 200 g/mol. The third-order valence-corrected chi connectivity index (χ3v) is 1.63. The van der Waals surface area contributed by atoms with E-state index in [1.165, 1.54) is 12.2 Å². The molecule has 0 aliphatic carbocycles. The number of hydrogen-bond donors (Lipinski definition) is 2. The van der Waals surface area contributed by atoms with Crippen molar-refractivity contribution < 1.29 is 24.5 Å². The van der Waals surface area contributed by atoms with Crippen LogP contribution in [0.25, 0.3) is 0 Å². The van der Waals surface area contributed by atoms with Crippen molar-refractivity contribution in [1.82, 2.24) is 0 Å². The molecule has 0 radical (unpaired) electrons. The van der Waals surface area contributed by atoms with Gasteiger partial charge in [-0.15, -0.1) is 0 Å². The third-order valence-electron chi connectivity index (χ3n) is 1.63. The van der Waals surface area contributed by atoms with Crippen LogP contribution in [0.5, 0.6) is 0 Å². The molecular formula is C10H18O5. The molecule has 0 aromatic carbocycles. The number of aliphatic hydroxyl groups is 2. The highest BCUT2D eigenvalue weighted by Gasteiger charge is 2.15. The van der Waals surface area contributed by atoms with Crippen molar-refractivity contribution in [2.75, 3.05) is 19.8 Å². The van der Waals surface area contributed by atoms with Crippen molar-refractivity contribution in [3.8, 4) is 0 Å².